The molecule has 2 aromatic rings. The van der Waals surface area contributed by atoms with Crippen molar-refractivity contribution >= 4 is 5.91 Å². The van der Waals surface area contributed by atoms with Crippen molar-refractivity contribution in [1.82, 2.24) is 4.90 Å². The number of carbonyl (C=O) groups excluding carboxylic acids is 1. The Labute approximate surface area is 161 Å². The van der Waals surface area contributed by atoms with Crippen LogP contribution in [-0.2, 0) is 22.4 Å². The zero-order chi connectivity index (χ0) is 19.3. The number of morpholine rings is 1. The van der Waals surface area contributed by atoms with Gasteiger partial charge >= 0.3 is 0 Å². The second-order valence-electron chi connectivity index (χ2n) is 7.98. The molecule has 4 nitrogen and oxygen atoms in total. The van der Waals surface area contributed by atoms with Crippen molar-refractivity contribution in [1.29, 1.82) is 0 Å². The van der Waals surface area contributed by atoms with Crippen molar-refractivity contribution in [3.05, 3.63) is 71.8 Å². The highest BCUT2D eigenvalue weighted by atomic mass is 16.5. The third-order valence-electron chi connectivity index (χ3n) is 5.00. The SMILES string of the molecule is CC1(C)CN(C(=O)C(Cc2ccccc2)Cc2ccccc2)CC(CO)O1. The summed E-state index contributed by atoms with van der Waals surface area (Å²) in [7, 11) is 0. The summed E-state index contributed by atoms with van der Waals surface area (Å²) in [6, 6.07) is 20.3. The first-order chi connectivity index (χ1) is 13.0. The maximum absolute atomic E-state index is 13.4. The van der Waals surface area contributed by atoms with Gasteiger partial charge in [-0.05, 0) is 37.8 Å². The van der Waals surface area contributed by atoms with Gasteiger partial charge in [0.25, 0.3) is 0 Å². The van der Waals surface area contributed by atoms with E-state index in [1.54, 1.807) is 0 Å². The van der Waals surface area contributed by atoms with Gasteiger partial charge in [0.2, 0.25) is 5.91 Å². The maximum atomic E-state index is 13.4. The third kappa shape index (κ3) is 5.41. The smallest absolute Gasteiger partial charge is 0.226 e. The predicted octanol–water partition coefficient (Wildman–Crippen LogP) is 3.09. The number of hydrogen-bond donors (Lipinski definition) is 1. The van der Waals surface area contributed by atoms with Gasteiger partial charge in [0.1, 0.15) is 0 Å². The van der Waals surface area contributed by atoms with E-state index in [-0.39, 0.29) is 24.5 Å². The van der Waals surface area contributed by atoms with Crippen LogP contribution in [0.15, 0.2) is 60.7 Å². The highest BCUT2D eigenvalue weighted by molar-refractivity contribution is 5.79. The van der Waals surface area contributed by atoms with Gasteiger partial charge in [-0.25, -0.2) is 0 Å². The van der Waals surface area contributed by atoms with Crippen LogP contribution in [0.2, 0.25) is 0 Å². The molecule has 2 aromatic carbocycles. The summed E-state index contributed by atoms with van der Waals surface area (Å²) in [6.07, 6.45) is 1.08. The number of amides is 1. The number of hydrogen-bond acceptors (Lipinski definition) is 3. The van der Waals surface area contributed by atoms with Crippen molar-refractivity contribution in [3.8, 4) is 0 Å². The molecule has 1 atom stereocenters. The van der Waals surface area contributed by atoms with Crippen molar-refractivity contribution in [2.75, 3.05) is 19.7 Å². The molecule has 0 spiro atoms. The molecule has 0 aromatic heterocycles. The first-order valence-corrected chi connectivity index (χ1v) is 9.62. The van der Waals surface area contributed by atoms with Crippen molar-refractivity contribution in [2.24, 2.45) is 5.92 Å². The lowest BCUT2D eigenvalue weighted by atomic mass is 9.90. The van der Waals surface area contributed by atoms with E-state index in [9.17, 15) is 9.90 Å². The fraction of sp³-hybridized carbons (Fsp3) is 0.435. The third-order valence-corrected chi connectivity index (χ3v) is 5.00. The summed E-state index contributed by atoms with van der Waals surface area (Å²) in [6.45, 7) is 4.85. The fourth-order valence-corrected chi connectivity index (χ4v) is 3.86. The lowest BCUT2D eigenvalue weighted by Gasteiger charge is -2.43. The quantitative estimate of drug-likeness (QED) is 0.854. The van der Waals surface area contributed by atoms with Crippen LogP contribution in [0.5, 0.6) is 0 Å². The van der Waals surface area contributed by atoms with E-state index < -0.39 is 5.60 Å². The molecule has 1 saturated heterocycles. The first kappa shape index (κ1) is 19.6. The summed E-state index contributed by atoms with van der Waals surface area (Å²) in [5, 5.41) is 9.57. The maximum Gasteiger partial charge on any atom is 0.226 e. The number of aliphatic hydroxyl groups excluding tert-OH is 1. The molecule has 1 aliphatic rings. The van der Waals surface area contributed by atoms with Gasteiger partial charge in [0, 0.05) is 19.0 Å². The molecule has 0 radical (unpaired) electrons. The first-order valence-electron chi connectivity index (χ1n) is 9.62. The minimum atomic E-state index is -0.453. The van der Waals surface area contributed by atoms with Crippen LogP contribution >= 0.6 is 0 Å². The molecule has 0 bridgehead atoms. The normalized spacial score (nSPS) is 19.3. The van der Waals surface area contributed by atoms with Crippen molar-refractivity contribution < 1.29 is 14.6 Å². The fourth-order valence-electron chi connectivity index (χ4n) is 3.86. The Morgan fingerprint density at radius 2 is 1.59 bits per heavy atom. The Morgan fingerprint density at radius 3 is 2.07 bits per heavy atom. The van der Waals surface area contributed by atoms with Crippen LogP contribution in [0.25, 0.3) is 0 Å². The monoisotopic (exact) mass is 367 g/mol. The summed E-state index contributed by atoms with van der Waals surface area (Å²) in [5.74, 6) is 0.000531. The van der Waals surface area contributed by atoms with Gasteiger partial charge in [-0.2, -0.15) is 0 Å². The topological polar surface area (TPSA) is 49.8 Å². The van der Waals surface area contributed by atoms with E-state index in [4.69, 9.17) is 4.74 Å². The molecule has 1 N–H and O–H groups in total. The summed E-state index contributed by atoms with van der Waals surface area (Å²) >= 11 is 0. The van der Waals surface area contributed by atoms with Crippen LogP contribution in [-0.4, -0.2) is 47.3 Å². The van der Waals surface area contributed by atoms with Gasteiger partial charge < -0.3 is 14.7 Å². The molecule has 144 valence electrons. The minimum absolute atomic E-state index is 0.0742. The summed E-state index contributed by atoms with van der Waals surface area (Å²) in [4.78, 5) is 15.3. The van der Waals surface area contributed by atoms with E-state index in [2.05, 4.69) is 24.3 Å². The van der Waals surface area contributed by atoms with Crippen LogP contribution in [0.4, 0.5) is 0 Å². The average molecular weight is 367 g/mol. The second kappa shape index (κ2) is 8.68. The second-order valence-corrected chi connectivity index (χ2v) is 7.98. The molecule has 0 aliphatic carbocycles. The van der Waals surface area contributed by atoms with Gasteiger partial charge in [-0.15, -0.1) is 0 Å². The Kier molecular flexibility index (Phi) is 6.30. The molecule has 0 saturated carbocycles. The van der Waals surface area contributed by atoms with E-state index in [1.807, 2.05) is 55.1 Å². The van der Waals surface area contributed by atoms with E-state index in [1.165, 1.54) is 0 Å². The lowest BCUT2D eigenvalue weighted by molar-refractivity contribution is -0.169. The largest absolute Gasteiger partial charge is 0.394 e. The van der Waals surface area contributed by atoms with Crippen LogP contribution in [0.3, 0.4) is 0 Å². The number of nitrogens with zero attached hydrogens (tertiary/aromatic N) is 1. The molecule has 3 rings (SSSR count). The van der Waals surface area contributed by atoms with Crippen molar-refractivity contribution in [3.63, 3.8) is 0 Å². The Balaban J connectivity index is 1.81. The lowest BCUT2D eigenvalue weighted by Crippen LogP contribution is -2.57. The molecule has 1 aliphatic heterocycles. The van der Waals surface area contributed by atoms with E-state index in [0.29, 0.717) is 25.9 Å². The molecule has 1 heterocycles. The Hall–Kier alpha value is -2.17. The zero-order valence-electron chi connectivity index (χ0n) is 16.2. The summed E-state index contributed by atoms with van der Waals surface area (Å²) < 4.78 is 5.88. The van der Waals surface area contributed by atoms with Gasteiger partial charge in [0.15, 0.2) is 0 Å². The highest BCUT2D eigenvalue weighted by Gasteiger charge is 2.37. The van der Waals surface area contributed by atoms with Gasteiger partial charge in [-0.1, -0.05) is 60.7 Å². The standard InChI is InChI=1S/C23H29NO3/c1-23(2)17-24(15-21(16-25)27-23)22(26)20(13-18-9-5-3-6-10-18)14-19-11-7-4-8-12-19/h3-12,20-21,25H,13-17H2,1-2H3. The Bertz CT molecular complexity index is 688. The highest BCUT2D eigenvalue weighted by Crippen LogP contribution is 2.25. The molecular weight excluding hydrogens is 338 g/mol. The molecule has 4 heteroatoms. The number of aliphatic hydroxyl groups is 1. The summed E-state index contributed by atoms with van der Waals surface area (Å²) in [5.41, 5.74) is 1.88. The van der Waals surface area contributed by atoms with E-state index in [0.717, 1.165) is 11.1 Å². The number of rotatable bonds is 6. The van der Waals surface area contributed by atoms with Crippen LogP contribution in [0.1, 0.15) is 25.0 Å². The van der Waals surface area contributed by atoms with Crippen LogP contribution < -0.4 is 0 Å². The zero-order valence-corrected chi connectivity index (χ0v) is 16.2. The van der Waals surface area contributed by atoms with Crippen LogP contribution in [0, 0.1) is 5.92 Å². The van der Waals surface area contributed by atoms with Crippen molar-refractivity contribution in [2.45, 2.75) is 38.4 Å². The molecule has 1 fully saturated rings. The predicted molar refractivity (Wildman–Crippen MR) is 106 cm³/mol. The van der Waals surface area contributed by atoms with E-state index >= 15 is 0 Å². The minimum Gasteiger partial charge on any atom is -0.394 e. The molecule has 1 amide bonds. The Morgan fingerprint density at radius 1 is 1.07 bits per heavy atom. The van der Waals surface area contributed by atoms with Gasteiger partial charge in [-0.3, -0.25) is 4.79 Å². The molecule has 1 unspecified atom stereocenters. The molecule has 27 heavy (non-hydrogen) atoms. The number of ether oxygens (including phenoxy) is 1. The number of carbonyl (C=O) groups is 1. The number of benzene rings is 2. The molecular formula is C23H29NO3. The average Bonchev–Trinajstić information content (AvgIpc) is 2.67. The van der Waals surface area contributed by atoms with Gasteiger partial charge in [0.05, 0.1) is 18.3 Å².